The van der Waals surface area contributed by atoms with E-state index in [1.165, 1.54) is 12.1 Å². The first kappa shape index (κ1) is 26.3. The van der Waals surface area contributed by atoms with E-state index in [1.807, 2.05) is 65.8 Å². The number of nitrogens with zero attached hydrogens (tertiary/aromatic N) is 4. The zero-order valence-electron chi connectivity index (χ0n) is 23.5. The van der Waals surface area contributed by atoms with Gasteiger partial charge in [0.05, 0.1) is 16.3 Å². The standard InChI is InChI=1S/C31H32N4O4/c1-17-13-19(3)25(20(4)14-17)33-28(36)30(7,8)29(37)34(26-21(5)15-18(2)16-22(26)6)31(33)27(32-31)23-9-11-24(12-10-23)35(38)39/h9-16H,1-8H3. The van der Waals surface area contributed by atoms with Crippen molar-refractivity contribution in [2.24, 2.45) is 10.4 Å². The lowest BCUT2D eigenvalue weighted by atomic mass is 9.83. The molecule has 0 aromatic heterocycles. The van der Waals surface area contributed by atoms with Crippen LogP contribution in [-0.2, 0) is 9.59 Å². The molecule has 5 rings (SSSR count). The maximum absolute atomic E-state index is 14.3. The molecule has 0 saturated carbocycles. The van der Waals surface area contributed by atoms with Gasteiger partial charge in [-0.25, -0.2) is 4.99 Å². The van der Waals surface area contributed by atoms with E-state index in [0.717, 1.165) is 33.4 Å². The van der Waals surface area contributed by atoms with E-state index in [9.17, 15) is 19.7 Å². The third kappa shape index (κ3) is 3.77. The van der Waals surface area contributed by atoms with Crippen molar-refractivity contribution in [3.63, 3.8) is 0 Å². The Balaban J connectivity index is 1.82. The minimum atomic E-state index is -1.44. The molecule has 3 aromatic rings. The average Bonchev–Trinajstić information content (AvgIpc) is 3.57. The normalized spacial score (nSPS) is 17.5. The molecule has 2 heterocycles. The third-order valence-electron chi connectivity index (χ3n) is 7.70. The van der Waals surface area contributed by atoms with Gasteiger partial charge in [-0.1, -0.05) is 35.4 Å². The van der Waals surface area contributed by atoms with Gasteiger partial charge in [-0.3, -0.25) is 29.5 Å². The van der Waals surface area contributed by atoms with Gasteiger partial charge in [-0.15, -0.1) is 0 Å². The maximum Gasteiger partial charge on any atom is 0.269 e. The Kier molecular flexibility index (Phi) is 5.79. The fourth-order valence-corrected chi connectivity index (χ4v) is 6.04. The number of nitro groups is 1. The van der Waals surface area contributed by atoms with Gasteiger partial charge < -0.3 is 0 Å². The van der Waals surface area contributed by atoms with Crippen LogP contribution in [-0.4, -0.2) is 28.2 Å². The topological polar surface area (TPSA) is 96.1 Å². The summed E-state index contributed by atoms with van der Waals surface area (Å²) in [6.45, 7) is 15.2. The number of rotatable bonds is 4. The fraction of sp³-hybridized carbons (Fsp3) is 0.323. The molecule has 8 heteroatoms. The van der Waals surface area contributed by atoms with E-state index in [2.05, 4.69) is 0 Å². The van der Waals surface area contributed by atoms with Crippen molar-refractivity contribution in [3.8, 4) is 0 Å². The van der Waals surface area contributed by atoms with Gasteiger partial charge in [0.1, 0.15) is 11.1 Å². The van der Waals surface area contributed by atoms with Crippen molar-refractivity contribution in [1.29, 1.82) is 0 Å². The largest absolute Gasteiger partial charge is 0.273 e. The van der Waals surface area contributed by atoms with Crippen LogP contribution in [0.15, 0.2) is 53.5 Å². The number of hydrogen-bond acceptors (Lipinski definition) is 5. The first-order chi connectivity index (χ1) is 18.2. The molecule has 200 valence electrons. The highest BCUT2D eigenvalue weighted by Crippen LogP contribution is 2.53. The number of carbonyl (C=O) groups is 2. The third-order valence-corrected chi connectivity index (χ3v) is 7.70. The summed E-state index contributed by atoms with van der Waals surface area (Å²) in [4.78, 5) is 47.8. The molecule has 2 aliphatic heterocycles. The van der Waals surface area contributed by atoms with Crippen LogP contribution in [0.3, 0.4) is 0 Å². The predicted octanol–water partition coefficient (Wildman–Crippen LogP) is 6.01. The minimum Gasteiger partial charge on any atom is -0.273 e. The summed E-state index contributed by atoms with van der Waals surface area (Å²) in [5, 5.41) is 11.3. The van der Waals surface area contributed by atoms with E-state index in [0.29, 0.717) is 22.6 Å². The molecule has 8 nitrogen and oxygen atoms in total. The van der Waals surface area contributed by atoms with Gasteiger partial charge in [-0.2, -0.15) is 0 Å². The summed E-state index contributed by atoms with van der Waals surface area (Å²) in [7, 11) is 0. The van der Waals surface area contributed by atoms with Crippen LogP contribution in [0.25, 0.3) is 0 Å². The second-order valence-corrected chi connectivity index (χ2v) is 11.3. The van der Waals surface area contributed by atoms with Gasteiger partial charge in [0.25, 0.3) is 11.5 Å². The van der Waals surface area contributed by atoms with Gasteiger partial charge in [0.2, 0.25) is 11.8 Å². The Labute approximate surface area is 228 Å². The highest BCUT2D eigenvalue weighted by Gasteiger charge is 2.69. The zero-order chi connectivity index (χ0) is 28.6. The molecule has 1 spiro atoms. The summed E-state index contributed by atoms with van der Waals surface area (Å²) >= 11 is 0. The lowest BCUT2D eigenvalue weighted by Gasteiger charge is -2.50. The molecule has 1 saturated heterocycles. The van der Waals surface area contributed by atoms with Crippen LogP contribution in [0, 0.1) is 57.1 Å². The van der Waals surface area contributed by atoms with Crippen molar-refractivity contribution in [2.75, 3.05) is 9.80 Å². The molecule has 0 radical (unpaired) electrons. The molecule has 2 aliphatic rings. The smallest absolute Gasteiger partial charge is 0.269 e. The maximum atomic E-state index is 14.3. The van der Waals surface area contributed by atoms with E-state index in [1.54, 1.807) is 35.8 Å². The molecule has 0 aliphatic carbocycles. The Morgan fingerprint density at radius 2 is 1.10 bits per heavy atom. The van der Waals surface area contributed by atoms with Crippen molar-refractivity contribution in [3.05, 3.63) is 97.6 Å². The number of aryl methyl sites for hydroxylation is 6. The summed E-state index contributed by atoms with van der Waals surface area (Å²) in [5.74, 6) is -2.13. The van der Waals surface area contributed by atoms with Crippen LogP contribution in [0.1, 0.15) is 52.8 Å². The highest BCUT2D eigenvalue weighted by molar-refractivity contribution is 6.33. The Morgan fingerprint density at radius 1 is 0.718 bits per heavy atom. The zero-order valence-corrected chi connectivity index (χ0v) is 23.5. The first-order valence-corrected chi connectivity index (χ1v) is 12.9. The minimum absolute atomic E-state index is 0.0462. The molecule has 0 atom stereocenters. The Bertz CT molecular complexity index is 1490. The van der Waals surface area contributed by atoms with Gasteiger partial charge in [0, 0.05) is 17.7 Å². The van der Waals surface area contributed by atoms with Crippen molar-refractivity contribution >= 4 is 34.6 Å². The summed E-state index contributed by atoms with van der Waals surface area (Å²) in [5.41, 5.74) is 6.84. The van der Waals surface area contributed by atoms with E-state index in [4.69, 9.17) is 4.99 Å². The lowest BCUT2D eigenvalue weighted by Crippen LogP contribution is -2.71. The monoisotopic (exact) mass is 524 g/mol. The average molecular weight is 525 g/mol. The Morgan fingerprint density at radius 3 is 1.46 bits per heavy atom. The molecule has 0 unspecified atom stereocenters. The summed E-state index contributed by atoms with van der Waals surface area (Å²) < 4.78 is 0. The van der Waals surface area contributed by atoms with Crippen molar-refractivity contribution in [2.45, 2.75) is 61.2 Å². The quantitative estimate of drug-likeness (QED) is 0.237. The number of anilines is 2. The molecule has 1 fully saturated rings. The van der Waals surface area contributed by atoms with Crippen LogP contribution < -0.4 is 9.80 Å². The van der Waals surface area contributed by atoms with Crippen LogP contribution >= 0.6 is 0 Å². The number of carbonyl (C=O) groups excluding carboxylic acids is 2. The van der Waals surface area contributed by atoms with Crippen LogP contribution in [0.5, 0.6) is 0 Å². The number of amides is 2. The molecular formula is C31H32N4O4. The van der Waals surface area contributed by atoms with Crippen molar-refractivity contribution in [1.82, 2.24) is 0 Å². The van der Waals surface area contributed by atoms with Gasteiger partial charge in [-0.05, 0) is 89.8 Å². The lowest BCUT2D eigenvalue weighted by molar-refractivity contribution is -0.384. The second-order valence-electron chi connectivity index (χ2n) is 11.3. The molecular weight excluding hydrogens is 492 g/mol. The molecule has 2 amide bonds. The number of aliphatic imine (C=N–C) groups is 1. The summed E-state index contributed by atoms with van der Waals surface area (Å²) in [6.07, 6.45) is 0. The van der Waals surface area contributed by atoms with Crippen LogP contribution in [0.4, 0.5) is 17.1 Å². The second kappa shape index (κ2) is 8.59. The number of benzene rings is 3. The number of non-ortho nitro benzene ring substituents is 1. The van der Waals surface area contributed by atoms with Gasteiger partial charge >= 0.3 is 0 Å². The molecule has 39 heavy (non-hydrogen) atoms. The van der Waals surface area contributed by atoms with Gasteiger partial charge in [0.15, 0.2) is 0 Å². The van der Waals surface area contributed by atoms with Crippen molar-refractivity contribution < 1.29 is 14.5 Å². The SMILES string of the molecule is Cc1cc(C)c(N2C(=O)C(C)(C)C(=O)N(c3c(C)cc(C)cc3C)C23N=C3c2ccc([N+](=O)[O-])cc2)c(C)c1. The number of nitro benzene ring substituents is 1. The van der Waals surface area contributed by atoms with E-state index >= 15 is 0 Å². The van der Waals surface area contributed by atoms with Crippen LogP contribution in [0.2, 0.25) is 0 Å². The van der Waals surface area contributed by atoms with E-state index in [-0.39, 0.29) is 17.5 Å². The molecule has 0 bridgehead atoms. The predicted molar refractivity (Wildman–Crippen MR) is 152 cm³/mol. The summed E-state index contributed by atoms with van der Waals surface area (Å²) in [6, 6.07) is 14.2. The Hall–Kier alpha value is -4.33. The fourth-order valence-electron chi connectivity index (χ4n) is 6.04. The molecule has 0 N–H and O–H groups in total. The number of hydrogen-bond donors (Lipinski definition) is 0. The first-order valence-electron chi connectivity index (χ1n) is 12.9. The molecule has 3 aromatic carbocycles. The highest BCUT2D eigenvalue weighted by atomic mass is 16.6. The van der Waals surface area contributed by atoms with E-state index < -0.39 is 16.1 Å².